The van der Waals surface area contributed by atoms with Gasteiger partial charge in [-0.1, -0.05) is 6.07 Å². The number of nitrogens with two attached hydrogens (primary N) is 1. The van der Waals surface area contributed by atoms with Crippen molar-refractivity contribution >= 4 is 16.6 Å². The Labute approximate surface area is 126 Å². The fraction of sp³-hybridized carbons (Fsp3) is 0.471. The van der Waals surface area contributed by atoms with Crippen LogP contribution in [0.2, 0.25) is 0 Å². The van der Waals surface area contributed by atoms with Crippen LogP contribution in [0.15, 0.2) is 30.5 Å². The molecule has 0 aliphatic carbocycles. The third-order valence-corrected chi connectivity index (χ3v) is 4.57. The molecule has 0 radical (unpaired) electrons. The second-order valence-electron chi connectivity index (χ2n) is 6.18. The number of fused-ring (bicyclic) bond motifs is 1. The van der Waals surface area contributed by atoms with Gasteiger partial charge in [-0.25, -0.2) is 0 Å². The van der Waals surface area contributed by atoms with Crippen LogP contribution in [-0.4, -0.2) is 48.0 Å². The van der Waals surface area contributed by atoms with Crippen LogP contribution in [0.25, 0.3) is 10.9 Å². The molecule has 3 rings (SSSR count). The molecule has 0 bridgehead atoms. The second kappa shape index (κ2) is 6.00. The number of aromatic nitrogens is 1. The molecule has 1 fully saturated rings. The number of hydrogen-bond acceptors (Lipinski definition) is 4. The molecule has 2 N–H and O–H groups in total. The largest absolute Gasteiger partial charge is 0.398 e. The summed E-state index contributed by atoms with van der Waals surface area (Å²) >= 11 is 0. The molecule has 4 nitrogen and oxygen atoms in total. The Kier molecular flexibility index (Phi) is 4.08. The zero-order valence-electron chi connectivity index (χ0n) is 12.9. The van der Waals surface area contributed by atoms with Crippen LogP contribution in [0.5, 0.6) is 0 Å². The molecule has 1 aromatic heterocycles. The van der Waals surface area contributed by atoms with Gasteiger partial charge in [0.25, 0.3) is 0 Å². The highest BCUT2D eigenvalue weighted by Crippen LogP contribution is 2.25. The van der Waals surface area contributed by atoms with E-state index in [1.54, 1.807) is 0 Å². The van der Waals surface area contributed by atoms with Crippen molar-refractivity contribution in [2.24, 2.45) is 0 Å². The Morgan fingerprint density at radius 2 is 2.00 bits per heavy atom. The average Bonchev–Trinajstić information content (AvgIpc) is 2.51. The van der Waals surface area contributed by atoms with E-state index in [0.29, 0.717) is 0 Å². The van der Waals surface area contributed by atoms with Crippen molar-refractivity contribution in [3.8, 4) is 0 Å². The maximum atomic E-state index is 6.05. The fourth-order valence-corrected chi connectivity index (χ4v) is 3.22. The lowest BCUT2D eigenvalue weighted by Crippen LogP contribution is -2.41. The predicted molar refractivity (Wildman–Crippen MR) is 88.1 cm³/mol. The molecule has 112 valence electrons. The van der Waals surface area contributed by atoms with Crippen molar-refractivity contribution in [3.63, 3.8) is 0 Å². The van der Waals surface area contributed by atoms with Crippen LogP contribution < -0.4 is 5.73 Å². The van der Waals surface area contributed by atoms with E-state index >= 15 is 0 Å². The van der Waals surface area contributed by atoms with Gasteiger partial charge < -0.3 is 10.6 Å². The smallest absolute Gasteiger partial charge is 0.0767 e. The normalized spacial score (nSPS) is 17.7. The van der Waals surface area contributed by atoms with Gasteiger partial charge in [-0.05, 0) is 63.8 Å². The highest BCUT2D eigenvalue weighted by atomic mass is 15.2. The SMILES string of the molecule is CN(C)C1CCN(Cc2ccc(N)c3cccnc23)CC1. The Balaban J connectivity index is 1.76. The van der Waals surface area contributed by atoms with Gasteiger partial charge in [-0.15, -0.1) is 0 Å². The van der Waals surface area contributed by atoms with E-state index in [1.807, 2.05) is 18.3 Å². The van der Waals surface area contributed by atoms with E-state index in [2.05, 4.69) is 41.0 Å². The number of rotatable bonds is 3. The molecule has 2 heterocycles. The van der Waals surface area contributed by atoms with Crippen LogP contribution >= 0.6 is 0 Å². The van der Waals surface area contributed by atoms with Crippen molar-refractivity contribution in [1.29, 1.82) is 0 Å². The van der Waals surface area contributed by atoms with Crippen LogP contribution in [-0.2, 0) is 6.54 Å². The van der Waals surface area contributed by atoms with E-state index in [9.17, 15) is 0 Å². The molecule has 0 spiro atoms. The minimum Gasteiger partial charge on any atom is -0.398 e. The highest BCUT2D eigenvalue weighted by molar-refractivity contribution is 5.92. The molecule has 1 aliphatic heterocycles. The van der Waals surface area contributed by atoms with Gasteiger partial charge in [0.1, 0.15) is 0 Å². The van der Waals surface area contributed by atoms with Crippen LogP contribution in [0, 0.1) is 0 Å². The maximum Gasteiger partial charge on any atom is 0.0767 e. The number of nitrogens with zero attached hydrogens (tertiary/aromatic N) is 3. The van der Waals surface area contributed by atoms with Gasteiger partial charge in [-0.2, -0.15) is 0 Å². The van der Waals surface area contributed by atoms with Gasteiger partial charge in [0, 0.05) is 29.9 Å². The van der Waals surface area contributed by atoms with Gasteiger partial charge >= 0.3 is 0 Å². The van der Waals surface area contributed by atoms with Crippen LogP contribution in [0.4, 0.5) is 5.69 Å². The van der Waals surface area contributed by atoms with Gasteiger partial charge in [-0.3, -0.25) is 9.88 Å². The molecule has 0 amide bonds. The number of pyridine rings is 1. The van der Waals surface area contributed by atoms with Crippen LogP contribution in [0.3, 0.4) is 0 Å². The number of piperidine rings is 1. The predicted octanol–water partition coefficient (Wildman–Crippen LogP) is 2.34. The van der Waals surface area contributed by atoms with Gasteiger partial charge in [0.2, 0.25) is 0 Å². The first-order chi connectivity index (χ1) is 10.1. The number of benzene rings is 1. The summed E-state index contributed by atoms with van der Waals surface area (Å²) in [7, 11) is 4.36. The third-order valence-electron chi connectivity index (χ3n) is 4.57. The Morgan fingerprint density at radius 1 is 1.24 bits per heavy atom. The lowest BCUT2D eigenvalue weighted by molar-refractivity contribution is 0.140. The topological polar surface area (TPSA) is 45.4 Å². The number of hydrogen-bond donors (Lipinski definition) is 1. The third kappa shape index (κ3) is 3.01. The molecule has 0 atom stereocenters. The standard InChI is InChI=1S/C17H24N4/c1-20(2)14-7-10-21(11-8-14)12-13-5-6-16(18)15-4-3-9-19-17(13)15/h3-6,9,14H,7-8,10-12,18H2,1-2H3. The zero-order valence-corrected chi connectivity index (χ0v) is 12.9. The minimum atomic E-state index is 0.725. The van der Waals surface area contributed by atoms with E-state index in [0.717, 1.165) is 42.3 Å². The Morgan fingerprint density at radius 3 is 2.71 bits per heavy atom. The molecule has 0 saturated carbocycles. The first kappa shape index (κ1) is 14.3. The fourth-order valence-electron chi connectivity index (χ4n) is 3.22. The molecular weight excluding hydrogens is 260 g/mol. The molecule has 0 unspecified atom stereocenters. The van der Waals surface area contributed by atoms with Crippen molar-refractivity contribution in [2.75, 3.05) is 32.9 Å². The highest BCUT2D eigenvalue weighted by Gasteiger charge is 2.21. The van der Waals surface area contributed by atoms with Crippen molar-refractivity contribution in [2.45, 2.75) is 25.4 Å². The summed E-state index contributed by atoms with van der Waals surface area (Å²) in [6.45, 7) is 3.27. The summed E-state index contributed by atoms with van der Waals surface area (Å²) < 4.78 is 0. The van der Waals surface area contributed by atoms with E-state index in [4.69, 9.17) is 5.73 Å². The first-order valence-corrected chi connectivity index (χ1v) is 7.66. The Bertz CT molecular complexity index is 615. The lowest BCUT2D eigenvalue weighted by Gasteiger charge is -2.35. The van der Waals surface area contributed by atoms with Crippen molar-refractivity contribution in [3.05, 3.63) is 36.0 Å². The lowest BCUT2D eigenvalue weighted by atomic mass is 10.0. The molecule has 1 aliphatic rings. The molecule has 4 heteroatoms. The number of nitrogen functional groups attached to an aromatic ring is 1. The summed E-state index contributed by atoms with van der Waals surface area (Å²) in [5.74, 6) is 0. The molecule has 21 heavy (non-hydrogen) atoms. The summed E-state index contributed by atoms with van der Waals surface area (Å²) in [6.07, 6.45) is 4.34. The number of likely N-dealkylation sites (tertiary alicyclic amines) is 1. The quantitative estimate of drug-likeness (QED) is 0.879. The average molecular weight is 284 g/mol. The number of anilines is 1. The van der Waals surface area contributed by atoms with Crippen molar-refractivity contribution < 1.29 is 0 Å². The van der Waals surface area contributed by atoms with Gasteiger partial charge in [0.15, 0.2) is 0 Å². The second-order valence-corrected chi connectivity index (χ2v) is 6.18. The van der Waals surface area contributed by atoms with Crippen LogP contribution in [0.1, 0.15) is 18.4 Å². The summed E-state index contributed by atoms with van der Waals surface area (Å²) in [5.41, 5.74) is 9.19. The minimum absolute atomic E-state index is 0.725. The molecule has 1 saturated heterocycles. The molecule has 1 aromatic carbocycles. The maximum absolute atomic E-state index is 6.05. The molecular formula is C17H24N4. The summed E-state index contributed by atoms with van der Waals surface area (Å²) in [5, 5.41) is 1.07. The first-order valence-electron chi connectivity index (χ1n) is 7.66. The summed E-state index contributed by atoms with van der Waals surface area (Å²) in [6, 6.07) is 8.86. The van der Waals surface area contributed by atoms with E-state index < -0.39 is 0 Å². The van der Waals surface area contributed by atoms with Crippen molar-refractivity contribution in [1.82, 2.24) is 14.8 Å². The monoisotopic (exact) mass is 284 g/mol. The van der Waals surface area contributed by atoms with Gasteiger partial charge in [0.05, 0.1) is 5.52 Å². The summed E-state index contributed by atoms with van der Waals surface area (Å²) in [4.78, 5) is 9.41. The Hall–Kier alpha value is -1.65. The van der Waals surface area contributed by atoms with E-state index in [1.165, 1.54) is 18.4 Å². The van der Waals surface area contributed by atoms with E-state index in [-0.39, 0.29) is 0 Å². The zero-order chi connectivity index (χ0) is 14.8. The molecule has 2 aromatic rings.